The van der Waals surface area contributed by atoms with Crippen molar-refractivity contribution in [3.8, 4) is 11.5 Å². The number of likely N-dealkylation sites (tertiary alicyclic amines) is 1. The van der Waals surface area contributed by atoms with Crippen molar-refractivity contribution in [1.29, 1.82) is 0 Å². The van der Waals surface area contributed by atoms with Crippen molar-refractivity contribution in [2.24, 2.45) is 5.92 Å². The molecular formula is C21H24N4O4. The van der Waals surface area contributed by atoms with Crippen LogP contribution < -0.4 is 5.32 Å². The molecule has 0 bridgehead atoms. The third-order valence-corrected chi connectivity index (χ3v) is 5.22. The Hall–Kier alpha value is -3.29. The molecule has 3 aromatic rings. The SMILES string of the molecule is Cc1ccc(C(=O)NCC2CCN(C(=O)c3cc(-c4ccc(C)o4)[nH]n3)CC2)o1. The van der Waals surface area contributed by atoms with Crippen molar-refractivity contribution >= 4 is 11.8 Å². The fourth-order valence-corrected chi connectivity index (χ4v) is 3.52. The van der Waals surface area contributed by atoms with E-state index in [4.69, 9.17) is 8.83 Å². The molecule has 0 aromatic carbocycles. The normalized spacial score (nSPS) is 14.9. The van der Waals surface area contributed by atoms with E-state index in [1.54, 1.807) is 18.2 Å². The zero-order chi connectivity index (χ0) is 20.4. The van der Waals surface area contributed by atoms with Gasteiger partial charge in [0.2, 0.25) is 0 Å². The number of amides is 2. The van der Waals surface area contributed by atoms with Gasteiger partial charge >= 0.3 is 0 Å². The van der Waals surface area contributed by atoms with E-state index in [0.717, 1.165) is 18.6 Å². The third kappa shape index (κ3) is 4.26. The summed E-state index contributed by atoms with van der Waals surface area (Å²) in [4.78, 5) is 26.6. The molecule has 0 unspecified atom stereocenters. The molecule has 29 heavy (non-hydrogen) atoms. The van der Waals surface area contributed by atoms with Crippen molar-refractivity contribution in [2.75, 3.05) is 19.6 Å². The first-order valence-electron chi connectivity index (χ1n) is 9.76. The number of hydrogen-bond donors (Lipinski definition) is 2. The summed E-state index contributed by atoms with van der Waals surface area (Å²) >= 11 is 0. The standard InChI is InChI=1S/C21H24N4O4/c1-13-3-5-18(28-13)16-11-17(24-23-16)21(27)25-9-7-15(8-10-25)12-22-20(26)19-6-4-14(2)29-19/h3-6,11,15H,7-10,12H2,1-2H3,(H,22,26)(H,23,24). The molecule has 1 fully saturated rings. The highest BCUT2D eigenvalue weighted by molar-refractivity contribution is 5.93. The van der Waals surface area contributed by atoms with Gasteiger partial charge in [-0.1, -0.05) is 0 Å². The minimum atomic E-state index is -0.200. The number of aryl methyl sites for hydroxylation is 2. The molecule has 8 nitrogen and oxygen atoms in total. The lowest BCUT2D eigenvalue weighted by Gasteiger charge is -2.31. The Kier molecular flexibility index (Phi) is 5.24. The fraction of sp³-hybridized carbons (Fsp3) is 0.381. The van der Waals surface area contributed by atoms with Gasteiger partial charge in [0.15, 0.2) is 17.2 Å². The lowest BCUT2D eigenvalue weighted by atomic mass is 9.96. The molecule has 4 heterocycles. The average Bonchev–Trinajstić information content (AvgIpc) is 3.46. The summed E-state index contributed by atoms with van der Waals surface area (Å²) in [5, 5.41) is 9.93. The summed E-state index contributed by atoms with van der Waals surface area (Å²) in [7, 11) is 0. The molecule has 0 atom stereocenters. The van der Waals surface area contributed by atoms with Gasteiger partial charge in [-0.25, -0.2) is 0 Å². The molecule has 8 heteroatoms. The smallest absolute Gasteiger partial charge is 0.287 e. The first-order chi connectivity index (χ1) is 14.0. The molecule has 1 aliphatic heterocycles. The lowest BCUT2D eigenvalue weighted by molar-refractivity contribution is 0.0677. The van der Waals surface area contributed by atoms with Crippen LogP contribution >= 0.6 is 0 Å². The number of carbonyl (C=O) groups is 2. The summed E-state index contributed by atoms with van der Waals surface area (Å²) < 4.78 is 10.9. The van der Waals surface area contributed by atoms with E-state index >= 15 is 0 Å². The van der Waals surface area contributed by atoms with E-state index < -0.39 is 0 Å². The second-order valence-electron chi connectivity index (χ2n) is 7.43. The van der Waals surface area contributed by atoms with Gasteiger partial charge in [0.25, 0.3) is 11.8 Å². The first kappa shape index (κ1) is 19.0. The highest BCUT2D eigenvalue weighted by Gasteiger charge is 2.26. The first-order valence-corrected chi connectivity index (χ1v) is 9.76. The number of aromatic nitrogens is 2. The van der Waals surface area contributed by atoms with Gasteiger partial charge < -0.3 is 19.1 Å². The second-order valence-corrected chi connectivity index (χ2v) is 7.43. The van der Waals surface area contributed by atoms with Crippen LogP contribution in [0.15, 0.2) is 39.2 Å². The van der Waals surface area contributed by atoms with Crippen molar-refractivity contribution in [1.82, 2.24) is 20.4 Å². The Morgan fingerprint density at radius 3 is 2.52 bits per heavy atom. The number of hydrogen-bond acceptors (Lipinski definition) is 5. The van der Waals surface area contributed by atoms with Crippen molar-refractivity contribution in [2.45, 2.75) is 26.7 Å². The molecule has 1 aliphatic rings. The van der Waals surface area contributed by atoms with Crippen molar-refractivity contribution in [3.05, 3.63) is 53.3 Å². The summed E-state index contributed by atoms with van der Waals surface area (Å²) in [6.07, 6.45) is 1.66. The summed E-state index contributed by atoms with van der Waals surface area (Å²) in [5.41, 5.74) is 1.07. The van der Waals surface area contributed by atoms with Crippen LogP contribution in [-0.2, 0) is 0 Å². The Morgan fingerprint density at radius 2 is 1.86 bits per heavy atom. The van der Waals surface area contributed by atoms with Crippen LogP contribution in [0.4, 0.5) is 0 Å². The van der Waals surface area contributed by atoms with Crippen LogP contribution in [0.2, 0.25) is 0 Å². The molecule has 0 saturated carbocycles. The van der Waals surface area contributed by atoms with Crippen LogP contribution in [0.3, 0.4) is 0 Å². The van der Waals surface area contributed by atoms with Gasteiger partial charge in [-0.15, -0.1) is 0 Å². The molecule has 2 N–H and O–H groups in total. The van der Waals surface area contributed by atoms with Crippen LogP contribution in [0.25, 0.3) is 11.5 Å². The van der Waals surface area contributed by atoms with Gasteiger partial charge in [-0.05, 0) is 56.9 Å². The number of aromatic amines is 1. The molecule has 0 spiro atoms. The molecule has 1 saturated heterocycles. The minimum Gasteiger partial charge on any atom is -0.460 e. The van der Waals surface area contributed by atoms with Gasteiger partial charge in [-0.3, -0.25) is 14.7 Å². The number of nitrogens with one attached hydrogen (secondary N) is 2. The van der Waals surface area contributed by atoms with Crippen LogP contribution in [0, 0.1) is 19.8 Å². The number of rotatable bonds is 5. The van der Waals surface area contributed by atoms with E-state index in [1.165, 1.54) is 0 Å². The molecular weight excluding hydrogens is 372 g/mol. The fourth-order valence-electron chi connectivity index (χ4n) is 3.52. The molecule has 3 aromatic heterocycles. The lowest BCUT2D eigenvalue weighted by Crippen LogP contribution is -2.41. The van der Waals surface area contributed by atoms with E-state index in [2.05, 4.69) is 15.5 Å². The number of carbonyl (C=O) groups excluding carboxylic acids is 2. The maximum absolute atomic E-state index is 12.7. The van der Waals surface area contributed by atoms with Gasteiger partial charge in [0.1, 0.15) is 17.2 Å². The maximum atomic E-state index is 12.7. The molecule has 0 radical (unpaired) electrons. The monoisotopic (exact) mass is 396 g/mol. The van der Waals surface area contributed by atoms with Crippen LogP contribution in [0.5, 0.6) is 0 Å². The van der Waals surface area contributed by atoms with Crippen LogP contribution in [0.1, 0.15) is 45.4 Å². The minimum absolute atomic E-state index is 0.0932. The zero-order valence-electron chi connectivity index (χ0n) is 16.5. The quantitative estimate of drug-likeness (QED) is 0.689. The molecule has 152 valence electrons. The Bertz CT molecular complexity index is 1010. The number of H-pyrrole nitrogens is 1. The third-order valence-electron chi connectivity index (χ3n) is 5.22. The zero-order valence-corrected chi connectivity index (χ0v) is 16.5. The maximum Gasteiger partial charge on any atom is 0.287 e. The predicted molar refractivity (Wildman–Crippen MR) is 105 cm³/mol. The number of piperidine rings is 1. The Morgan fingerprint density at radius 1 is 1.14 bits per heavy atom. The average molecular weight is 396 g/mol. The molecule has 0 aliphatic carbocycles. The highest BCUT2D eigenvalue weighted by Crippen LogP contribution is 2.22. The number of furan rings is 2. The Labute approximate surface area is 168 Å². The van der Waals surface area contributed by atoms with E-state index in [9.17, 15) is 9.59 Å². The predicted octanol–water partition coefficient (Wildman–Crippen LogP) is 3.16. The van der Waals surface area contributed by atoms with Gasteiger partial charge in [-0.2, -0.15) is 5.10 Å². The largest absolute Gasteiger partial charge is 0.460 e. The summed E-state index contributed by atoms with van der Waals surface area (Å²) in [5.74, 6) is 2.55. The van der Waals surface area contributed by atoms with Gasteiger partial charge in [0, 0.05) is 25.7 Å². The second kappa shape index (κ2) is 7.98. The topological polar surface area (TPSA) is 104 Å². The summed E-state index contributed by atoms with van der Waals surface area (Å²) in [6.45, 7) is 5.53. The number of nitrogens with zero attached hydrogens (tertiary/aromatic N) is 2. The summed E-state index contributed by atoms with van der Waals surface area (Å²) in [6, 6.07) is 8.88. The van der Waals surface area contributed by atoms with E-state index in [0.29, 0.717) is 54.2 Å². The van der Waals surface area contributed by atoms with Crippen molar-refractivity contribution < 1.29 is 18.4 Å². The molecule has 2 amide bonds. The molecule has 4 rings (SSSR count). The van der Waals surface area contributed by atoms with E-state index in [-0.39, 0.29) is 11.8 Å². The van der Waals surface area contributed by atoms with Crippen LogP contribution in [-0.4, -0.2) is 46.5 Å². The Balaban J connectivity index is 1.27. The van der Waals surface area contributed by atoms with Gasteiger partial charge in [0.05, 0.1) is 0 Å². The highest BCUT2D eigenvalue weighted by atomic mass is 16.4. The van der Waals surface area contributed by atoms with Crippen molar-refractivity contribution in [3.63, 3.8) is 0 Å². The van der Waals surface area contributed by atoms with E-state index in [1.807, 2.05) is 30.9 Å².